The first-order valence-corrected chi connectivity index (χ1v) is 7.96. The molecule has 0 saturated heterocycles. The highest BCUT2D eigenvalue weighted by Crippen LogP contribution is 2.28. The Hall–Kier alpha value is -2.82. The molecule has 122 valence electrons. The van der Waals surface area contributed by atoms with Gasteiger partial charge in [-0.05, 0) is 23.6 Å². The number of hydrogen-bond donors (Lipinski definition) is 0. The molecule has 24 heavy (non-hydrogen) atoms. The van der Waals surface area contributed by atoms with E-state index in [9.17, 15) is 0 Å². The van der Waals surface area contributed by atoms with Crippen molar-refractivity contribution < 1.29 is 9.15 Å². The van der Waals surface area contributed by atoms with Crippen LogP contribution in [0.2, 0.25) is 0 Å². The zero-order valence-electron chi connectivity index (χ0n) is 14.0. The van der Waals surface area contributed by atoms with E-state index in [2.05, 4.69) is 30.9 Å². The third-order valence-electron chi connectivity index (χ3n) is 3.67. The number of furan rings is 1. The Balaban J connectivity index is 1.75. The van der Waals surface area contributed by atoms with E-state index in [1.54, 1.807) is 10.7 Å². The highest BCUT2D eigenvalue weighted by atomic mass is 16.5. The lowest BCUT2D eigenvalue weighted by molar-refractivity contribution is 0.189. The lowest BCUT2D eigenvalue weighted by Crippen LogP contribution is -2.17. The average Bonchev–Trinajstić information content (AvgIpc) is 3.15. The summed E-state index contributed by atoms with van der Waals surface area (Å²) < 4.78 is 13.5. The fourth-order valence-corrected chi connectivity index (χ4v) is 2.50. The van der Waals surface area contributed by atoms with E-state index in [4.69, 9.17) is 9.15 Å². The van der Waals surface area contributed by atoms with Gasteiger partial charge in [0, 0.05) is 11.5 Å². The van der Waals surface area contributed by atoms with Crippen molar-refractivity contribution in [2.24, 2.45) is 5.41 Å². The molecule has 0 amide bonds. The number of hydrogen-bond acceptors (Lipinski definition) is 4. The van der Waals surface area contributed by atoms with Crippen LogP contribution in [0.4, 0.5) is 0 Å². The molecule has 5 nitrogen and oxygen atoms in total. The minimum Gasteiger partial charge on any atom is -0.476 e. The molecule has 4 rings (SSSR count). The molecule has 3 heterocycles. The third kappa shape index (κ3) is 2.73. The van der Waals surface area contributed by atoms with Crippen LogP contribution in [0.3, 0.4) is 0 Å². The number of para-hydroxylation sites is 1. The summed E-state index contributed by atoms with van der Waals surface area (Å²) in [6, 6.07) is 13.7. The van der Waals surface area contributed by atoms with Crippen LogP contribution in [0.15, 0.2) is 53.1 Å². The molecular weight excluding hydrogens is 302 g/mol. The van der Waals surface area contributed by atoms with E-state index in [0.29, 0.717) is 12.5 Å². The van der Waals surface area contributed by atoms with Gasteiger partial charge in [0.2, 0.25) is 5.88 Å². The van der Waals surface area contributed by atoms with Gasteiger partial charge in [-0.1, -0.05) is 39.0 Å². The van der Waals surface area contributed by atoms with Gasteiger partial charge < -0.3 is 9.15 Å². The molecule has 1 aromatic carbocycles. The molecule has 0 bridgehead atoms. The van der Waals surface area contributed by atoms with Gasteiger partial charge in [0.1, 0.15) is 11.3 Å². The fraction of sp³-hybridized carbons (Fsp3) is 0.263. The second kappa shape index (κ2) is 5.37. The molecule has 0 unspecified atom stereocenters. The van der Waals surface area contributed by atoms with Gasteiger partial charge in [0.25, 0.3) is 0 Å². The van der Waals surface area contributed by atoms with Crippen molar-refractivity contribution in [2.45, 2.75) is 20.8 Å². The molecular formula is C19H19N3O2. The Bertz CT molecular complexity index is 975. The SMILES string of the molecule is CC(C)(C)COc1ccc2ncc(-c3cc4ccccc4o3)n2n1. The van der Waals surface area contributed by atoms with Crippen molar-refractivity contribution in [1.29, 1.82) is 0 Å². The van der Waals surface area contributed by atoms with Crippen molar-refractivity contribution in [3.8, 4) is 17.3 Å². The standard InChI is InChI=1S/C19H19N3O2/c1-19(2,3)12-23-18-9-8-17-20-11-14(22(17)21-18)16-10-13-6-4-5-7-15(13)24-16/h4-11H,12H2,1-3H3. The summed E-state index contributed by atoms with van der Waals surface area (Å²) in [4.78, 5) is 4.40. The molecule has 0 atom stereocenters. The molecule has 4 aromatic rings. The molecule has 5 heteroatoms. The summed E-state index contributed by atoms with van der Waals surface area (Å²) in [5, 5.41) is 5.61. The maximum Gasteiger partial charge on any atom is 0.231 e. The maximum atomic E-state index is 5.93. The Morgan fingerprint density at radius 1 is 1.12 bits per heavy atom. The largest absolute Gasteiger partial charge is 0.476 e. The van der Waals surface area contributed by atoms with Gasteiger partial charge in [-0.15, -0.1) is 5.10 Å². The van der Waals surface area contributed by atoms with E-state index in [-0.39, 0.29) is 5.41 Å². The Labute approximate surface area is 139 Å². The summed E-state index contributed by atoms with van der Waals surface area (Å²) in [6.07, 6.45) is 1.77. The molecule has 3 aromatic heterocycles. The highest BCUT2D eigenvalue weighted by Gasteiger charge is 2.15. The van der Waals surface area contributed by atoms with Crippen molar-refractivity contribution in [2.75, 3.05) is 6.61 Å². The number of imidazole rings is 1. The molecule has 0 aliphatic rings. The topological polar surface area (TPSA) is 52.6 Å². The van der Waals surface area contributed by atoms with Gasteiger partial charge in [-0.25, -0.2) is 9.50 Å². The van der Waals surface area contributed by atoms with Crippen LogP contribution in [0.25, 0.3) is 28.1 Å². The van der Waals surface area contributed by atoms with Crippen molar-refractivity contribution >= 4 is 16.6 Å². The molecule has 0 fully saturated rings. The second-order valence-corrected chi connectivity index (χ2v) is 7.08. The highest BCUT2D eigenvalue weighted by molar-refractivity contribution is 5.82. The van der Waals surface area contributed by atoms with Gasteiger partial charge in [-0.2, -0.15) is 0 Å². The van der Waals surface area contributed by atoms with E-state index in [0.717, 1.165) is 28.1 Å². The number of nitrogens with zero attached hydrogens (tertiary/aromatic N) is 3. The van der Waals surface area contributed by atoms with Crippen LogP contribution in [0.1, 0.15) is 20.8 Å². The van der Waals surface area contributed by atoms with E-state index in [1.807, 2.05) is 42.5 Å². The smallest absolute Gasteiger partial charge is 0.231 e. The van der Waals surface area contributed by atoms with Crippen molar-refractivity contribution in [3.05, 3.63) is 48.7 Å². The molecule has 0 spiro atoms. The van der Waals surface area contributed by atoms with Crippen LogP contribution >= 0.6 is 0 Å². The predicted molar refractivity (Wildman–Crippen MR) is 93.1 cm³/mol. The second-order valence-electron chi connectivity index (χ2n) is 7.08. The fourth-order valence-electron chi connectivity index (χ4n) is 2.50. The molecule has 0 radical (unpaired) electrons. The van der Waals surface area contributed by atoms with Crippen molar-refractivity contribution in [1.82, 2.24) is 14.6 Å². The molecule has 0 saturated carbocycles. The van der Waals surface area contributed by atoms with E-state index < -0.39 is 0 Å². The number of benzene rings is 1. The third-order valence-corrected chi connectivity index (χ3v) is 3.67. The van der Waals surface area contributed by atoms with Crippen LogP contribution in [0.5, 0.6) is 5.88 Å². The zero-order valence-corrected chi connectivity index (χ0v) is 14.0. The number of fused-ring (bicyclic) bond motifs is 2. The Kier molecular flexibility index (Phi) is 3.30. The van der Waals surface area contributed by atoms with Crippen LogP contribution in [-0.2, 0) is 0 Å². The normalized spacial score (nSPS) is 12.1. The van der Waals surface area contributed by atoms with Crippen LogP contribution in [-0.4, -0.2) is 21.2 Å². The minimum absolute atomic E-state index is 0.0765. The van der Waals surface area contributed by atoms with Gasteiger partial charge in [-0.3, -0.25) is 0 Å². The lowest BCUT2D eigenvalue weighted by Gasteiger charge is -2.18. The Morgan fingerprint density at radius 2 is 1.96 bits per heavy atom. The molecule has 0 aliphatic heterocycles. The summed E-state index contributed by atoms with van der Waals surface area (Å²) in [6.45, 7) is 6.98. The number of ether oxygens (including phenoxy) is 1. The first-order chi connectivity index (χ1) is 11.5. The van der Waals surface area contributed by atoms with E-state index >= 15 is 0 Å². The summed E-state index contributed by atoms with van der Waals surface area (Å²) >= 11 is 0. The quantitative estimate of drug-likeness (QED) is 0.555. The monoisotopic (exact) mass is 321 g/mol. The lowest BCUT2D eigenvalue weighted by atomic mass is 9.99. The van der Waals surface area contributed by atoms with Gasteiger partial charge in [0.05, 0.1) is 12.8 Å². The van der Waals surface area contributed by atoms with Gasteiger partial charge in [0.15, 0.2) is 11.4 Å². The first-order valence-electron chi connectivity index (χ1n) is 7.96. The predicted octanol–water partition coefficient (Wildman–Crippen LogP) is 4.57. The first kappa shape index (κ1) is 14.8. The zero-order chi connectivity index (χ0) is 16.7. The summed E-state index contributed by atoms with van der Waals surface area (Å²) in [5.74, 6) is 1.32. The van der Waals surface area contributed by atoms with Gasteiger partial charge >= 0.3 is 0 Å². The minimum atomic E-state index is 0.0765. The van der Waals surface area contributed by atoms with Crippen molar-refractivity contribution in [3.63, 3.8) is 0 Å². The van der Waals surface area contributed by atoms with Crippen LogP contribution in [0, 0.1) is 5.41 Å². The number of aromatic nitrogens is 3. The molecule has 0 N–H and O–H groups in total. The van der Waals surface area contributed by atoms with E-state index in [1.165, 1.54) is 0 Å². The Morgan fingerprint density at radius 3 is 2.75 bits per heavy atom. The molecule has 0 aliphatic carbocycles. The number of rotatable bonds is 3. The maximum absolute atomic E-state index is 5.93. The summed E-state index contributed by atoms with van der Waals surface area (Å²) in [7, 11) is 0. The average molecular weight is 321 g/mol. The van der Waals surface area contributed by atoms with Crippen LogP contribution < -0.4 is 4.74 Å². The summed E-state index contributed by atoms with van der Waals surface area (Å²) in [5.41, 5.74) is 2.49.